The minimum Gasteiger partial charge on any atom is -0.496 e. The summed E-state index contributed by atoms with van der Waals surface area (Å²) in [5.74, 6) is 2.63. The first-order valence-electron chi connectivity index (χ1n) is 7.95. The maximum atomic E-state index is 5.37. The van der Waals surface area contributed by atoms with Crippen molar-refractivity contribution in [2.75, 3.05) is 13.7 Å². The Morgan fingerprint density at radius 2 is 2.14 bits per heavy atom. The van der Waals surface area contributed by atoms with Crippen LogP contribution in [-0.4, -0.2) is 25.7 Å². The quantitative estimate of drug-likeness (QED) is 0.599. The third-order valence-electron chi connectivity index (χ3n) is 3.85. The molecule has 0 aromatic heterocycles. The van der Waals surface area contributed by atoms with E-state index >= 15 is 0 Å². The number of rotatable bonds is 7. The molecule has 4 nitrogen and oxygen atoms in total. The highest BCUT2D eigenvalue weighted by Crippen LogP contribution is 2.34. The number of nitrogens with one attached hydrogen (secondary N) is 2. The van der Waals surface area contributed by atoms with Gasteiger partial charge in [0.05, 0.1) is 13.7 Å². The lowest BCUT2D eigenvalue weighted by Crippen LogP contribution is -2.39. The van der Waals surface area contributed by atoms with Crippen molar-refractivity contribution in [3.63, 3.8) is 0 Å². The van der Waals surface area contributed by atoms with Crippen LogP contribution < -0.4 is 15.4 Å². The number of hydrogen-bond acceptors (Lipinski definition) is 2. The lowest BCUT2D eigenvalue weighted by molar-refractivity contribution is 0.410. The Labute approximate surface area is 128 Å². The Bertz CT molecular complexity index is 473. The molecule has 0 aliphatic heterocycles. The molecule has 0 amide bonds. The topological polar surface area (TPSA) is 45.7 Å². The van der Waals surface area contributed by atoms with Crippen molar-refractivity contribution in [1.29, 1.82) is 0 Å². The number of aliphatic imine (C=N–C) groups is 1. The minimum absolute atomic E-state index is 0.598. The van der Waals surface area contributed by atoms with Gasteiger partial charge in [-0.25, -0.2) is 4.99 Å². The van der Waals surface area contributed by atoms with Gasteiger partial charge in [0, 0.05) is 18.2 Å². The molecular formula is C17H27N3O. The van der Waals surface area contributed by atoms with Crippen LogP contribution in [0.25, 0.3) is 0 Å². The fourth-order valence-corrected chi connectivity index (χ4v) is 2.61. The standard InChI is InChI=1S/C17H27N3O/c1-4-8-13-11-15(13)20-17(18-5-2)19-12-14-9-6-7-10-16(14)21-3/h6-7,9-10,13,15H,4-5,8,11-12H2,1-3H3,(H2,18,19,20). The van der Waals surface area contributed by atoms with Crippen LogP contribution in [0.4, 0.5) is 0 Å². The number of guanidine groups is 1. The lowest BCUT2D eigenvalue weighted by atomic mass is 10.2. The van der Waals surface area contributed by atoms with Crippen LogP contribution >= 0.6 is 0 Å². The van der Waals surface area contributed by atoms with Crippen LogP contribution in [0.3, 0.4) is 0 Å². The number of hydrogen-bond donors (Lipinski definition) is 2. The largest absolute Gasteiger partial charge is 0.496 e. The summed E-state index contributed by atoms with van der Waals surface area (Å²) >= 11 is 0. The molecule has 2 N–H and O–H groups in total. The van der Waals surface area contributed by atoms with Gasteiger partial charge in [-0.3, -0.25) is 0 Å². The molecule has 0 heterocycles. The van der Waals surface area contributed by atoms with Crippen LogP contribution in [0, 0.1) is 5.92 Å². The average Bonchev–Trinajstić information content (AvgIpc) is 3.23. The molecular weight excluding hydrogens is 262 g/mol. The van der Waals surface area contributed by atoms with Crippen molar-refractivity contribution in [2.45, 2.75) is 45.7 Å². The summed E-state index contributed by atoms with van der Waals surface area (Å²) in [5.41, 5.74) is 1.11. The second-order valence-electron chi connectivity index (χ2n) is 5.54. The molecule has 2 unspecified atom stereocenters. The average molecular weight is 289 g/mol. The second kappa shape index (κ2) is 7.91. The van der Waals surface area contributed by atoms with Crippen LogP contribution in [0.2, 0.25) is 0 Å². The Morgan fingerprint density at radius 3 is 2.86 bits per heavy atom. The summed E-state index contributed by atoms with van der Waals surface area (Å²) < 4.78 is 5.37. The minimum atomic E-state index is 0.598. The summed E-state index contributed by atoms with van der Waals surface area (Å²) in [4.78, 5) is 4.68. The van der Waals surface area contributed by atoms with Gasteiger partial charge in [0.1, 0.15) is 5.75 Å². The van der Waals surface area contributed by atoms with Gasteiger partial charge >= 0.3 is 0 Å². The molecule has 2 atom stereocenters. The highest BCUT2D eigenvalue weighted by atomic mass is 16.5. The summed E-state index contributed by atoms with van der Waals surface area (Å²) in [5, 5.41) is 6.85. The molecule has 1 aromatic carbocycles. The number of benzene rings is 1. The van der Waals surface area contributed by atoms with E-state index in [1.54, 1.807) is 7.11 Å². The Morgan fingerprint density at radius 1 is 1.33 bits per heavy atom. The number of methoxy groups -OCH3 is 1. The molecule has 21 heavy (non-hydrogen) atoms. The number of para-hydroxylation sites is 1. The van der Waals surface area contributed by atoms with Gasteiger partial charge in [-0.05, 0) is 31.7 Å². The molecule has 0 saturated heterocycles. The van der Waals surface area contributed by atoms with Crippen molar-refractivity contribution in [1.82, 2.24) is 10.6 Å². The summed E-state index contributed by atoms with van der Waals surface area (Å²) in [6, 6.07) is 8.63. The van der Waals surface area contributed by atoms with Gasteiger partial charge in [-0.15, -0.1) is 0 Å². The van der Waals surface area contributed by atoms with E-state index in [2.05, 4.69) is 35.5 Å². The molecule has 1 aliphatic rings. The van der Waals surface area contributed by atoms with E-state index in [0.717, 1.165) is 29.7 Å². The van der Waals surface area contributed by atoms with E-state index < -0.39 is 0 Å². The molecule has 0 spiro atoms. The van der Waals surface area contributed by atoms with Gasteiger partial charge in [-0.1, -0.05) is 31.5 Å². The van der Waals surface area contributed by atoms with Gasteiger partial charge in [0.25, 0.3) is 0 Å². The monoisotopic (exact) mass is 289 g/mol. The second-order valence-corrected chi connectivity index (χ2v) is 5.54. The maximum Gasteiger partial charge on any atom is 0.191 e. The molecule has 116 valence electrons. The van der Waals surface area contributed by atoms with Crippen LogP contribution in [-0.2, 0) is 6.54 Å². The third kappa shape index (κ3) is 4.66. The van der Waals surface area contributed by atoms with E-state index in [0.29, 0.717) is 12.6 Å². The predicted octanol–water partition coefficient (Wildman–Crippen LogP) is 2.94. The fourth-order valence-electron chi connectivity index (χ4n) is 2.61. The maximum absolute atomic E-state index is 5.37. The number of ether oxygens (including phenoxy) is 1. The first-order valence-corrected chi connectivity index (χ1v) is 7.95. The first-order chi connectivity index (χ1) is 10.3. The van der Waals surface area contributed by atoms with E-state index in [1.807, 2.05) is 18.2 Å². The molecule has 0 radical (unpaired) electrons. The predicted molar refractivity (Wildman–Crippen MR) is 87.7 cm³/mol. The normalized spacial score (nSPS) is 21.0. The SMILES string of the molecule is CCCC1CC1NC(=NCc1ccccc1OC)NCC. The van der Waals surface area contributed by atoms with E-state index in [9.17, 15) is 0 Å². The molecule has 0 bridgehead atoms. The molecule has 2 rings (SSSR count). The summed E-state index contributed by atoms with van der Waals surface area (Å²) in [6.07, 6.45) is 3.84. The van der Waals surface area contributed by atoms with Crippen molar-refractivity contribution in [2.24, 2.45) is 10.9 Å². The highest BCUT2D eigenvalue weighted by Gasteiger charge is 2.36. The van der Waals surface area contributed by atoms with Gasteiger partial charge in [0.15, 0.2) is 5.96 Å². The zero-order valence-corrected chi connectivity index (χ0v) is 13.4. The molecule has 1 aromatic rings. The zero-order valence-electron chi connectivity index (χ0n) is 13.4. The van der Waals surface area contributed by atoms with Crippen molar-refractivity contribution in [3.8, 4) is 5.75 Å². The molecule has 1 saturated carbocycles. The Balaban J connectivity index is 1.94. The van der Waals surface area contributed by atoms with Crippen molar-refractivity contribution in [3.05, 3.63) is 29.8 Å². The van der Waals surface area contributed by atoms with Crippen LogP contribution in [0.15, 0.2) is 29.3 Å². The summed E-state index contributed by atoms with van der Waals surface area (Å²) in [6.45, 7) is 5.85. The van der Waals surface area contributed by atoms with E-state index in [-0.39, 0.29) is 0 Å². The van der Waals surface area contributed by atoms with Crippen molar-refractivity contribution < 1.29 is 4.74 Å². The molecule has 4 heteroatoms. The third-order valence-corrected chi connectivity index (χ3v) is 3.85. The zero-order chi connectivity index (χ0) is 15.1. The highest BCUT2D eigenvalue weighted by molar-refractivity contribution is 5.80. The summed E-state index contributed by atoms with van der Waals surface area (Å²) in [7, 11) is 1.70. The van der Waals surface area contributed by atoms with Gasteiger partial charge in [-0.2, -0.15) is 0 Å². The molecule has 1 aliphatic carbocycles. The fraction of sp³-hybridized carbons (Fsp3) is 0.588. The van der Waals surface area contributed by atoms with Gasteiger partial charge in [0.2, 0.25) is 0 Å². The van der Waals surface area contributed by atoms with Crippen LogP contribution in [0.1, 0.15) is 38.7 Å². The smallest absolute Gasteiger partial charge is 0.191 e. The van der Waals surface area contributed by atoms with E-state index in [1.165, 1.54) is 19.3 Å². The number of nitrogens with zero attached hydrogens (tertiary/aromatic N) is 1. The van der Waals surface area contributed by atoms with E-state index in [4.69, 9.17) is 4.74 Å². The Kier molecular flexibility index (Phi) is 5.90. The Hall–Kier alpha value is -1.71. The molecule has 1 fully saturated rings. The lowest BCUT2D eigenvalue weighted by Gasteiger charge is -2.12. The van der Waals surface area contributed by atoms with Crippen molar-refractivity contribution >= 4 is 5.96 Å². The van der Waals surface area contributed by atoms with Gasteiger partial charge < -0.3 is 15.4 Å². The first kappa shape index (κ1) is 15.7. The van der Waals surface area contributed by atoms with Crippen LogP contribution in [0.5, 0.6) is 5.75 Å².